The monoisotopic (exact) mass is 397 g/mol. The molecule has 2 aromatic heterocycles. The summed E-state index contributed by atoms with van der Waals surface area (Å²) in [6, 6.07) is 5.96. The molecule has 0 saturated heterocycles. The van der Waals surface area contributed by atoms with E-state index in [9.17, 15) is 21.6 Å². The first-order valence-electron chi connectivity index (χ1n) is 7.64. The van der Waals surface area contributed by atoms with Crippen molar-refractivity contribution < 1.29 is 21.6 Å². The quantitative estimate of drug-likeness (QED) is 0.715. The number of rotatable bonds is 5. The number of hydrogen-bond donors (Lipinski definition) is 1. The highest BCUT2D eigenvalue weighted by molar-refractivity contribution is 7.92. The van der Waals surface area contributed by atoms with Crippen LogP contribution in [0.4, 0.5) is 19.1 Å². The van der Waals surface area contributed by atoms with Crippen molar-refractivity contribution in [3.8, 4) is 0 Å². The van der Waals surface area contributed by atoms with Crippen molar-refractivity contribution in [1.82, 2.24) is 19.7 Å². The Labute approximate surface area is 152 Å². The second kappa shape index (κ2) is 6.99. The minimum atomic E-state index is -4.55. The van der Waals surface area contributed by atoms with Gasteiger partial charge in [-0.15, -0.1) is 5.10 Å². The molecule has 0 saturated carbocycles. The molecule has 0 aliphatic rings. The molecular formula is C16H14F3N5O2S. The van der Waals surface area contributed by atoms with Crippen LogP contribution in [0.15, 0.2) is 53.9 Å². The van der Waals surface area contributed by atoms with E-state index in [2.05, 4.69) is 19.8 Å². The number of sulfonamides is 1. The molecule has 7 nitrogen and oxygen atoms in total. The third-order valence-electron chi connectivity index (χ3n) is 3.65. The number of aromatic nitrogens is 4. The lowest BCUT2D eigenvalue weighted by molar-refractivity contribution is -0.137. The first kappa shape index (κ1) is 18.8. The molecule has 27 heavy (non-hydrogen) atoms. The number of alkyl halides is 3. The molecule has 1 N–H and O–H groups in total. The van der Waals surface area contributed by atoms with Gasteiger partial charge in [-0.1, -0.05) is 0 Å². The molecule has 0 spiro atoms. The molecule has 0 bridgehead atoms. The SMILES string of the molecule is Cc1cc(C(F)(F)F)ccc1S(=O)(=O)Nc1ncn(Cc2ccncc2)n1. The first-order chi connectivity index (χ1) is 12.6. The predicted molar refractivity (Wildman–Crippen MR) is 90.4 cm³/mol. The summed E-state index contributed by atoms with van der Waals surface area (Å²) in [4.78, 5) is 7.50. The number of hydrogen-bond acceptors (Lipinski definition) is 5. The maximum absolute atomic E-state index is 12.7. The zero-order chi connectivity index (χ0) is 19.7. The van der Waals surface area contributed by atoms with Crippen LogP contribution < -0.4 is 4.72 Å². The fourth-order valence-corrected chi connectivity index (χ4v) is 3.57. The maximum Gasteiger partial charge on any atom is 0.416 e. The van der Waals surface area contributed by atoms with Crippen LogP contribution in [0, 0.1) is 6.92 Å². The van der Waals surface area contributed by atoms with E-state index < -0.39 is 21.8 Å². The Morgan fingerprint density at radius 3 is 2.48 bits per heavy atom. The fraction of sp³-hybridized carbons (Fsp3) is 0.188. The van der Waals surface area contributed by atoms with Crippen LogP contribution in [0.5, 0.6) is 0 Å². The van der Waals surface area contributed by atoms with Gasteiger partial charge < -0.3 is 0 Å². The van der Waals surface area contributed by atoms with Crippen molar-refractivity contribution >= 4 is 16.0 Å². The lowest BCUT2D eigenvalue weighted by Crippen LogP contribution is -2.16. The van der Waals surface area contributed by atoms with Gasteiger partial charge in [-0.25, -0.2) is 17.8 Å². The van der Waals surface area contributed by atoms with Gasteiger partial charge in [0.05, 0.1) is 17.0 Å². The number of halogens is 3. The van der Waals surface area contributed by atoms with Gasteiger partial charge in [-0.05, 0) is 48.4 Å². The van der Waals surface area contributed by atoms with E-state index >= 15 is 0 Å². The number of pyridine rings is 1. The Morgan fingerprint density at radius 2 is 1.85 bits per heavy atom. The summed E-state index contributed by atoms with van der Waals surface area (Å²) in [5.74, 6) is -0.177. The van der Waals surface area contributed by atoms with Crippen molar-refractivity contribution in [2.45, 2.75) is 24.5 Å². The molecule has 1 aromatic carbocycles. The zero-order valence-electron chi connectivity index (χ0n) is 14.0. The van der Waals surface area contributed by atoms with Crippen molar-refractivity contribution in [2.75, 3.05) is 4.72 Å². The van der Waals surface area contributed by atoms with E-state index in [1.807, 2.05) is 0 Å². The molecule has 2 heterocycles. The third-order valence-corrected chi connectivity index (χ3v) is 5.14. The predicted octanol–water partition coefficient (Wildman–Crippen LogP) is 2.85. The Morgan fingerprint density at radius 1 is 1.15 bits per heavy atom. The summed E-state index contributed by atoms with van der Waals surface area (Å²) >= 11 is 0. The average Bonchev–Trinajstić information content (AvgIpc) is 3.00. The molecule has 11 heteroatoms. The van der Waals surface area contributed by atoms with Crippen LogP contribution in [-0.2, 0) is 22.7 Å². The van der Waals surface area contributed by atoms with E-state index in [0.717, 1.165) is 23.8 Å². The van der Waals surface area contributed by atoms with E-state index in [1.54, 1.807) is 24.5 Å². The largest absolute Gasteiger partial charge is 0.416 e. The molecule has 0 unspecified atom stereocenters. The second-order valence-electron chi connectivity index (χ2n) is 5.70. The Hall–Kier alpha value is -2.95. The van der Waals surface area contributed by atoms with Gasteiger partial charge >= 0.3 is 6.18 Å². The second-order valence-corrected chi connectivity index (χ2v) is 7.36. The lowest BCUT2D eigenvalue weighted by atomic mass is 10.1. The van der Waals surface area contributed by atoms with Crippen LogP contribution in [0.1, 0.15) is 16.7 Å². The van der Waals surface area contributed by atoms with E-state index in [-0.39, 0.29) is 16.4 Å². The molecule has 3 rings (SSSR count). The van der Waals surface area contributed by atoms with Gasteiger partial charge in [-0.2, -0.15) is 18.2 Å². The van der Waals surface area contributed by atoms with Crippen LogP contribution >= 0.6 is 0 Å². The minimum Gasteiger partial charge on any atom is -0.265 e. The zero-order valence-corrected chi connectivity index (χ0v) is 14.8. The summed E-state index contributed by atoms with van der Waals surface area (Å²) in [7, 11) is -4.13. The fourth-order valence-electron chi connectivity index (χ4n) is 2.40. The smallest absolute Gasteiger partial charge is 0.265 e. The first-order valence-corrected chi connectivity index (χ1v) is 9.12. The lowest BCUT2D eigenvalue weighted by Gasteiger charge is -2.11. The molecule has 0 atom stereocenters. The van der Waals surface area contributed by atoms with Crippen molar-refractivity contribution in [3.05, 3.63) is 65.7 Å². The molecule has 0 amide bonds. The Balaban J connectivity index is 1.79. The average molecular weight is 397 g/mol. The molecule has 0 fully saturated rings. The highest BCUT2D eigenvalue weighted by Gasteiger charge is 2.31. The van der Waals surface area contributed by atoms with Crippen LogP contribution in [0.3, 0.4) is 0 Å². The third kappa shape index (κ3) is 4.42. The number of aryl methyl sites for hydroxylation is 1. The molecule has 3 aromatic rings. The normalized spacial score (nSPS) is 12.1. The standard InChI is InChI=1S/C16H14F3N5O2S/c1-11-8-13(16(17,18)19)2-3-14(11)27(25,26)23-15-21-10-24(22-15)9-12-4-6-20-7-5-12/h2-8,10H,9H2,1H3,(H,22,23). The number of benzene rings is 1. The summed E-state index contributed by atoms with van der Waals surface area (Å²) < 4.78 is 66.7. The van der Waals surface area contributed by atoms with E-state index in [4.69, 9.17) is 0 Å². The van der Waals surface area contributed by atoms with Crippen LogP contribution in [0.25, 0.3) is 0 Å². The highest BCUT2D eigenvalue weighted by atomic mass is 32.2. The van der Waals surface area contributed by atoms with Crippen molar-refractivity contribution in [3.63, 3.8) is 0 Å². The Bertz CT molecular complexity index is 1050. The summed E-state index contributed by atoms with van der Waals surface area (Å²) in [6.07, 6.45) is 0.0260. The molecule has 0 aliphatic carbocycles. The van der Waals surface area contributed by atoms with E-state index in [1.165, 1.54) is 17.9 Å². The number of nitrogens with zero attached hydrogens (tertiary/aromatic N) is 4. The minimum absolute atomic E-state index is 0.0338. The van der Waals surface area contributed by atoms with E-state index in [0.29, 0.717) is 6.54 Å². The molecule has 142 valence electrons. The number of anilines is 1. The topological polar surface area (TPSA) is 89.8 Å². The highest BCUT2D eigenvalue weighted by Crippen LogP contribution is 2.31. The van der Waals surface area contributed by atoms with Gasteiger partial charge in [0.25, 0.3) is 16.0 Å². The van der Waals surface area contributed by atoms with Gasteiger partial charge in [0.15, 0.2) is 0 Å². The van der Waals surface area contributed by atoms with Gasteiger partial charge in [0.1, 0.15) is 6.33 Å². The summed E-state index contributed by atoms with van der Waals surface area (Å²) in [6.45, 7) is 1.65. The van der Waals surface area contributed by atoms with Gasteiger partial charge in [0.2, 0.25) is 0 Å². The summed E-state index contributed by atoms with van der Waals surface area (Å²) in [5.41, 5.74) is -0.0601. The van der Waals surface area contributed by atoms with Gasteiger partial charge in [-0.3, -0.25) is 4.98 Å². The molecular weight excluding hydrogens is 383 g/mol. The van der Waals surface area contributed by atoms with Crippen LogP contribution in [-0.4, -0.2) is 28.2 Å². The van der Waals surface area contributed by atoms with Crippen molar-refractivity contribution in [1.29, 1.82) is 0 Å². The van der Waals surface area contributed by atoms with Crippen LogP contribution in [0.2, 0.25) is 0 Å². The maximum atomic E-state index is 12.7. The Kier molecular flexibility index (Phi) is 4.87. The molecule has 0 radical (unpaired) electrons. The molecule has 0 aliphatic heterocycles. The number of nitrogens with one attached hydrogen (secondary N) is 1. The van der Waals surface area contributed by atoms with Crippen molar-refractivity contribution in [2.24, 2.45) is 0 Å². The summed E-state index contributed by atoms with van der Waals surface area (Å²) in [5, 5.41) is 4.02. The van der Waals surface area contributed by atoms with Gasteiger partial charge in [0, 0.05) is 12.4 Å².